The molecule has 0 spiro atoms. The van der Waals surface area contributed by atoms with Gasteiger partial charge in [0.15, 0.2) is 0 Å². The molecule has 0 saturated heterocycles. The molecule has 0 amide bonds. The number of aromatic nitrogens is 3. The van der Waals surface area contributed by atoms with Gasteiger partial charge in [-0.3, -0.25) is 15.0 Å². The lowest BCUT2D eigenvalue weighted by Gasteiger charge is -2.26. The Morgan fingerprint density at radius 2 is 2.30 bits per heavy atom. The fourth-order valence-electron chi connectivity index (χ4n) is 2.76. The maximum absolute atomic E-state index is 4.47. The van der Waals surface area contributed by atoms with Crippen LogP contribution in [0.2, 0.25) is 0 Å². The van der Waals surface area contributed by atoms with Crippen molar-refractivity contribution in [2.24, 2.45) is 0 Å². The van der Waals surface area contributed by atoms with Crippen molar-refractivity contribution in [2.45, 2.75) is 26.1 Å². The van der Waals surface area contributed by atoms with Gasteiger partial charge in [0, 0.05) is 44.1 Å². The molecule has 20 heavy (non-hydrogen) atoms. The summed E-state index contributed by atoms with van der Waals surface area (Å²) in [6.45, 7) is 3.90. The quantitative estimate of drug-likeness (QED) is 0.914. The minimum absolute atomic E-state index is 0.911. The summed E-state index contributed by atoms with van der Waals surface area (Å²) in [6.07, 6.45) is 4.84. The van der Waals surface area contributed by atoms with Gasteiger partial charge in [0.1, 0.15) is 0 Å². The number of aromatic amines is 1. The predicted molar refractivity (Wildman–Crippen MR) is 78.0 cm³/mol. The van der Waals surface area contributed by atoms with Crippen molar-refractivity contribution in [3.63, 3.8) is 0 Å². The molecule has 1 aliphatic heterocycles. The normalized spacial score (nSPS) is 15.6. The molecule has 0 saturated carbocycles. The van der Waals surface area contributed by atoms with Gasteiger partial charge in [-0.25, -0.2) is 0 Å². The van der Waals surface area contributed by atoms with Crippen LogP contribution in [0.25, 0.3) is 0 Å². The number of nitrogens with one attached hydrogen (secondary N) is 1. The van der Waals surface area contributed by atoms with Gasteiger partial charge in [0.25, 0.3) is 0 Å². The third kappa shape index (κ3) is 2.89. The van der Waals surface area contributed by atoms with E-state index in [1.54, 1.807) is 0 Å². The second-order valence-electron chi connectivity index (χ2n) is 5.69. The van der Waals surface area contributed by atoms with Gasteiger partial charge in [-0.15, -0.1) is 0 Å². The molecule has 0 aromatic carbocycles. The van der Waals surface area contributed by atoms with Crippen LogP contribution in [0, 0.1) is 0 Å². The van der Waals surface area contributed by atoms with Crippen LogP contribution in [0.1, 0.15) is 22.5 Å². The lowest BCUT2D eigenvalue weighted by Crippen LogP contribution is -2.30. The highest BCUT2D eigenvalue weighted by Gasteiger charge is 2.21. The highest BCUT2D eigenvalue weighted by molar-refractivity contribution is 5.28. The average molecular weight is 271 g/mol. The molecular formula is C15H21N5. The molecule has 0 atom stereocenters. The minimum Gasteiger partial charge on any atom is -0.303 e. The summed E-state index contributed by atoms with van der Waals surface area (Å²) in [5, 5.41) is 7.69. The summed E-state index contributed by atoms with van der Waals surface area (Å²) in [5.41, 5.74) is 5.16. The van der Waals surface area contributed by atoms with Crippen LogP contribution >= 0.6 is 0 Å². The van der Waals surface area contributed by atoms with Crippen LogP contribution < -0.4 is 0 Å². The van der Waals surface area contributed by atoms with E-state index in [2.05, 4.69) is 45.1 Å². The largest absolute Gasteiger partial charge is 0.303 e. The van der Waals surface area contributed by atoms with Gasteiger partial charge in [-0.1, -0.05) is 6.07 Å². The molecule has 0 radical (unpaired) electrons. The molecule has 3 rings (SSSR count). The molecule has 0 aliphatic carbocycles. The van der Waals surface area contributed by atoms with Crippen molar-refractivity contribution < 1.29 is 0 Å². The van der Waals surface area contributed by atoms with E-state index in [1.165, 1.54) is 22.5 Å². The molecule has 0 unspecified atom stereocenters. The van der Waals surface area contributed by atoms with Crippen LogP contribution in [0.3, 0.4) is 0 Å². The molecule has 106 valence electrons. The highest BCUT2D eigenvalue weighted by atomic mass is 15.2. The third-order valence-electron chi connectivity index (χ3n) is 3.69. The van der Waals surface area contributed by atoms with Crippen LogP contribution in [0.5, 0.6) is 0 Å². The van der Waals surface area contributed by atoms with Gasteiger partial charge in [0.05, 0.1) is 11.4 Å². The smallest absolute Gasteiger partial charge is 0.0797 e. The van der Waals surface area contributed by atoms with E-state index in [0.29, 0.717) is 0 Å². The van der Waals surface area contributed by atoms with E-state index in [1.807, 2.05) is 18.5 Å². The van der Waals surface area contributed by atoms with E-state index in [4.69, 9.17) is 0 Å². The molecule has 0 fully saturated rings. The molecule has 5 heteroatoms. The first-order chi connectivity index (χ1) is 9.72. The number of fused-ring (bicyclic) bond motifs is 1. The van der Waals surface area contributed by atoms with Gasteiger partial charge in [-0.2, -0.15) is 5.10 Å². The molecule has 3 heterocycles. The van der Waals surface area contributed by atoms with Crippen molar-refractivity contribution in [3.05, 3.63) is 47.0 Å². The second-order valence-corrected chi connectivity index (χ2v) is 5.69. The lowest BCUT2D eigenvalue weighted by atomic mass is 10.0. The Bertz CT molecular complexity index is 561. The molecule has 1 aliphatic rings. The molecule has 2 aromatic heterocycles. The Kier molecular flexibility index (Phi) is 3.80. The van der Waals surface area contributed by atoms with Crippen molar-refractivity contribution >= 4 is 0 Å². The summed E-state index contributed by atoms with van der Waals surface area (Å²) < 4.78 is 0. The van der Waals surface area contributed by atoms with E-state index in [0.717, 1.165) is 32.6 Å². The zero-order valence-corrected chi connectivity index (χ0v) is 12.1. The number of rotatable bonds is 4. The molecule has 5 nitrogen and oxygen atoms in total. The first kappa shape index (κ1) is 13.3. The van der Waals surface area contributed by atoms with Crippen LogP contribution in [0.4, 0.5) is 0 Å². The monoisotopic (exact) mass is 271 g/mol. The van der Waals surface area contributed by atoms with E-state index in [-0.39, 0.29) is 0 Å². The van der Waals surface area contributed by atoms with Crippen molar-refractivity contribution in [1.82, 2.24) is 25.0 Å². The number of nitrogens with zero attached hydrogens (tertiary/aromatic N) is 4. The second kappa shape index (κ2) is 5.73. The average Bonchev–Trinajstić information content (AvgIpc) is 2.82. The molecule has 2 aromatic rings. The zero-order valence-electron chi connectivity index (χ0n) is 12.1. The van der Waals surface area contributed by atoms with Crippen LogP contribution in [-0.2, 0) is 26.1 Å². The summed E-state index contributed by atoms with van der Waals surface area (Å²) >= 11 is 0. The maximum Gasteiger partial charge on any atom is 0.0797 e. The SMILES string of the molecule is CN(C)Cc1n[nH]c2c1CCN(Cc1cccnc1)C2. The Hall–Kier alpha value is -1.72. The fourth-order valence-corrected chi connectivity index (χ4v) is 2.76. The van der Waals surface area contributed by atoms with Crippen LogP contribution in [-0.4, -0.2) is 45.6 Å². The Balaban J connectivity index is 1.68. The zero-order chi connectivity index (χ0) is 13.9. The van der Waals surface area contributed by atoms with E-state index < -0.39 is 0 Å². The third-order valence-corrected chi connectivity index (χ3v) is 3.69. The van der Waals surface area contributed by atoms with Crippen molar-refractivity contribution in [3.8, 4) is 0 Å². The van der Waals surface area contributed by atoms with Gasteiger partial charge in [-0.05, 0) is 32.1 Å². The topological polar surface area (TPSA) is 48.1 Å². The van der Waals surface area contributed by atoms with Crippen molar-refractivity contribution in [1.29, 1.82) is 0 Å². The van der Waals surface area contributed by atoms with Crippen molar-refractivity contribution in [2.75, 3.05) is 20.6 Å². The van der Waals surface area contributed by atoms with Crippen LogP contribution in [0.15, 0.2) is 24.5 Å². The number of H-pyrrole nitrogens is 1. The van der Waals surface area contributed by atoms with Gasteiger partial charge < -0.3 is 4.90 Å². The van der Waals surface area contributed by atoms with E-state index in [9.17, 15) is 0 Å². The highest BCUT2D eigenvalue weighted by Crippen LogP contribution is 2.22. The first-order valence-corrected chi connectivity index (χ1v) is 7.03. The Labute approximate surface area is 119 Å². The van der Waals surface area contributed by atoms with Gasteiger partial charge in [0.2, 0.25) is 0 Å². The molecule has 0 bridgehead atoms. The minimum atomic E-state index is 0.911. The Morgan fingerprint density at radius 1 is 1.40 bits per heavy atom. The summed E-state index contributed by atoms with van der Waals surface area (Å²) in [5.74, 6) is 0. The number of pyridine rings is 1. The molecular weight excluding hydrogens is 250 g/mol. The summed E-state index contributed by atoms with van der Waals surface area (Å²) in [6, 6.07) is 4.13. The molecule has 1 N–H and O–H groups in total. The number of hydrogen-bond donors (Lipinski definition) is 1. The van der Waals surface area contributed by atoms with E-state index >= 15 is 0 Å². The predicted octanol–water partition coefficient (Wildman–Crippen LogP) is 1.42. The first-order valence-electron chi connectivity index (χ1n) is 7.03. The standard InChI is InChI=1S/C15H21N5/c1-19(2)10-14-13-5-7-20(11-15(13)18-17-14)9-12-4-3-6-16-8-12/h3-4,6,8H,5,7,9-11H2,1-2H3,(H,17,18). The Morgan fingerprint density at radius 3 is 3.05 bits per heavy atom. The maximum atomic E-state index is 4.47. The summed E-state index contributed by atoms with van der Waals surface area (Å²) in [4.78, 5) is 8.79. The summed E-state index contributed by atoms with van der Waals surface area (Å²) in [7, 11) is 4.16. The number of hydrogen-bond acceptors (Lipinski definition) is 4. The fraction of sp³-hybridized carbons (Fsp3) is 0.467. The lowest BCUT2D eigenvalue weighted by molar-refractivity contribution is 0.241. The van der Waals surface area contributed by atoms with Gasteiger partial charge >= 0.3 is 0 Å².